The maximum absolute atomic E-state index is 13.7. The standard InChI is InChI=1S/C11H12F3NO/c1-15-5-11(14,6-15)7-16-9-4-2-3-8(12)10(9)13/h2-4H,5-7H2,1H3. The Hall–Kier alpha value is -1.23. The van der Waals surface area contributed by atoms with Gasteiger partial charge in [0.1, 0.15) is 6.61 Å². The van der Waals surface area contributed by atoms with E-state index in [9.17, 15) is 13.2 Å². The van der Waals surface area contributed by atoms with Crippen molar-refractivity contribution in [2.75, 3.05) is 26.7 Å². The first kappa shape index (κ1) is 11.3. The lowest BCUT2D eigenvalue weighted by Crippen LogP contribution is -2.60. The highest BCUT2D eigenvalue weighted by molar-refractivity contribution is 5.25. The Bertz CT molecular complexity index is 391. The first-order valence-electron chi connectivity index (χ1n) is 4.94. The van der Waals surface area contributed by atoms with Gasteiger partial charge >= 0.3 is 0 Å². The molecule has 0 saturated carbocycles. The Morgan fingerprint density at radius 2 is 2.06 bits per heavy atom. The van der Waals surface area contributed by atoms with E-state index in [0.717, 1.165) is 6.07 Å². The summed E-state index contributed by atoms with van der Waals surface area (Å²) < 4.78 is 44.6. The second-order valence-corrected chi connectivity index (χ2v) is 4.16. The van der Waals surface area contributed by atoms with Crippen LogP contribution in [0.3, 0.4) is 0 Å². The van der Waals surface area contributed by atoms with Gasteiger partial charge in [-0.3, -0.25) is 4.90 Å². The van der Waals surface area contributed by atoms with Gasteiger partial charge in [-0.2, -0.15) is 4.39 Å². The summed E-state index contributed by atoms with van der Waals surface area (Å²) in [6.45, 7) is 0.256. The quantitative estimate of drug-likeness (QED) is 0.788. The zero-order valence-electron chi connectivity index (χ0n) is 8.84. The third-order valence-electron chi connectivity index (χ3n) is 2.51. The van der Waals surface area contributed by atoms with Gasteiger partial charge in [0, 0.05) is 13.1 Å². The van der Waals surface area contributed by atoms with Crippen LogP contribution in [0.5, 0.6) is 5.75 Å². The average molecular weight is 231 g/mol. The van der Waals surface area contributed by atoms with Crippen LogP contribution in [0, 0.1) is 11.6 Å². The first-order chi connectivity index (χ1) is 7.50. The minimum atomic E-state index is -1.45. The van der Waals surface area contributed by atoms with Crippen LogP contribution in [0.1, 0.15) is 0 Å². The van der Waals surface area contributed by atoms with Crippen molar-refractivity contribution in [3.8, 4) is 5.75 Å². The number of rotatable bonds is 3. The van der Waals surface area contributed by atoms with Crippen molar-refractivity contribution < 1.29 is 17.9 Å². The maximum Gasteiger partial charge on any atom is 0.200 e. The van der Waals surface area contributed by atoms with Crippen molar-refractivity contribution in [1.29, 1.82) is 0 Å². The number of halogens is 3. The van der Waals surface area contributed by atoms with E-state index in [-0.39, 0.29) is 25.4 Å². The number of benzene rings is 1. The van der Waals surface area contributed by atoms with Gasteiger partial charge in [-0.05, 0) is 19.2 Å². The van der Waals surface area contributed by atoms with Gasteiger partial charge in [0.25, 0.3) is 0 Å². The van der Waals surface area contributed by atoms with E-state index >= 15 is 0 Å². The molecule has 0 N–H and O–H groups in total. The molecular formula is C11H12F3NO. The number of nitrogens with zero attached hydrogens (tertiary/aromatic N) is 1. The monoisotopic (exact) mass is 231 g/mol. The van der Waals surface area contributed by atoms with Gasteiger partial charge in [0.05, 0.1) is 0 Å². The predicted octanol–water partition coefficient (Wildman–Crippen LogP) is 2.00. The second-order valence-electron chi connectivity index (χ2n) is 4.16. The minimum absolute atomic E-state index is 0.244. The topological polar surface area (TPSA) is 12.5 Å². The lowest BCUT2D eigenvalue weighted by Gasteiger charge is -2.41. The van der Waals surface area contributed by atoms with Gasteiger partial charge in [-0.15, -0.1) is 0 Å². The van der Waals surface area contributed by atoms with Crippen molar-refractivity contribution in [2.45, 2.75) is 5.67 Å². The van der Waals surface area contributed by atoms with Crippen LogP contribution in [0.15, 0.2) is 18.2 Å². The molecule has 1 aliphatic rings. The van der Waals surface area contributed by atoms with Gasteiger partial charge < -0.3 is 4.74 Å². The van der Waals surface area contributed by atoms with E-state index in [1.807, 2.05) is 0 Å². The van der Waals surface area contributed by atoms with Gasteiger partial charge in [-0.1, -0.05) is 6.07 Å². The van der Waals surface area contributed by atoms with Crippen molar-refractivity contribution in [3.05, 3.63) is 29.8 Å². The molecular weight excluding hydrogens is 219 g/mol. The van der Waals surface area contributed by atoms with Crippen LogP contribution in [0.25, 0.3) is 0 Å². The summed E-state index contributed by atoms with van der Waals surface area (Å²) in [6, 6.07) is 3.60. The first-order valence-corrected chi connectivity index (χ1v) is 4.94. The largest absolute Gasteiger partial charge is 0.487 e. The molecule has 1 saturated heterocycles. The van der Waals surface area contributed by atoms with Crippen molar-refractivity contribution in [3.63, 3.8) is 0 Å². The molecule has 1 aromatic rings. The summed E-state index contributed by atoms with van der Waals surface area (Å²) in [6.07, 6.45) is 0. The minimum Gasteiger partial charge on any atom is -0.487 e. The summed E-state index contributed by atoms with van der Waals surface area (Å²) in [5.41, 5.74) is -1.45. The highest BCUT2D eigenvalue weighted by Gasteiger charge is 2.42. The fourth-order valence-electron chi connectivity index (χ4n) is 1.82. The summed E-state index contributed by atoms with van der Waals surface area (Å²) in [5.74, 6) is -2.30. The molecule has 0 amide bonds. The van der Waals surface area contributed by atoms with Gasteiger partial charge in [-0.25, -0.2) is 8.78 Å². The normalized spacial score (nSPS) is 19.2. The van der Waals surface area contributed by atoms with Crippen LogP contribution in [-0.2, 0) is 0 Å². The maximum atomic E-state index is 13.7. The van der Waals surface area contributed by atoms with Crippen molar-refractivity contribution in [1.82, 2.24) is 4.90 Å². The van der Waals surface area contributed by atoms with Crippen molar-refractivity contribution in [2.24, 2.45) is 0 Å². The average Bonchev–Trinajstić information content (AvgIpc) is 2.18. The lowest BCUT2D eigenvalue weighted by molar-refractivity contribution is -0.0473. The highest BCUT2D eigenvalue weighted by atomic mass is 19.2. The highest BCUT2D eigenvalue weighted by Crippen LogP contribution is 2.26. The van der Waals surface area contributed by atoms with Crippen LogP contribution in [0.4, 0.5) is 13.2 Å². The zero-order chi connectivity index (χ0) is 11.8. The molecule has 1 heterocycles. The zero-order valence-corrected chi connectivity index (χ0v) is 8.84. The van der Waals surface area contributed by atoms with E-state index in [4.69, 9.17) is 4.74 Å². The molecule has 0 aromatic heterocycles. The molecule has 88 valence electrons. The summed E-state index contributed by atoms with van der Waals surface area (Å²) >= 11 is 0. The number of alkyl halides is 1. The number of hydrogen-bond donors (Lipinski definition) is 0. The SMILES string of the molecule is CN1CC(F)(COc2cccc(F)c2F)C1. The summed E-state index contributed by atoms with van der Waals surface area (Å²) in [5, 5.41) is 0. The Balaban J connectivity index is 1.97. The van der Waals surface area contributed by atoms with Crippen LogP contribution >= 0.6 is 0 Å². The van der Waals surface area contributed by atoms with Gasteiger partial charge in [0.2, 0.25) is 5.82 Å². The van der Waals surface area contributed by atoms with Crippen molar-refractivity contribution >= 4 is 0 Å². The Kier molecular flexibility index (Phi) is 2.80. The van der Waals surface area contributed by atoms with Crippen LogP contribution < -0.4 is 4.74 Å². The Morgan fingerprint density at radius 1 is 1.38 bits per heavy atom. The van der Waals surface area contributed by atoms with Gasteiger partial charge in [0.15, 0.2) is 17.2 Å². The molecule has 1 aliphatic heterocycles. The fourth-order valence-corrected chi connectivity index (χ4v) is 1.82. The van der Waals surface area contributed by atoms with E-state index in [0.29, 0.717) is 0 Å². The van der Waals surface area contributed by atoms with Crippen LogP contribution in [0.2, 0.25) is 0 Å². The molecule has 0 unspecified atom stereocenters. The molecule has 0 radical (unpaired) electrons. The number of likely N-dealkylation sites (tertiary alicyclic amines) is 1. The molecule has 0 aliphatic carbocycles. The molecule has 0 atom stereocenters. The molecule has 2 nitrogen and oxygen atoms in total. The molecule has 2 rings (SSSR count). The number of hydrogen-bond acceptors (Lipinski definition) is 2. The smallest absolute Gasteiger partial charge is 0.200 e. The molecule has 0 spiro atoms. The lowest BCUT2D eigenvalue weighted by atomic mass is 9.99. The molecule has 16 heavy (non-hydrogen) atoms. The van der Waals surface area contributed by atoms with E-state index in [1.54, 1.807) is 11.9 Å². The molecule has 1 aromatic carbocycles. The van der Waals surface area contributed by atoms with E-state index < -0.39 is 17.3 Å². The third kappa shape index (κ3) is 2.14. The molecule has 1 fully saturated rings. The summed E-state index contributed by atoms with van der Waals surface area (Å²) in [7, 11) is 1.78. The Morgan fingerprint density at radius 3 is 2.69 bits per heavy atom. The third-order valence-corrected chi connectivity index (χ3v) is 2.51. The summed E-state index contributed by atoms with van der Waals surface area (Å²) in [4.78, 5) is 1.78. The Labute approximate surface area is 91.6 Å². The predicted molar refractivity (Wildman–Crippen MR) is 53.2 cm³/mol. The van der Waals surface area contributed by atoms with E-state index in [1.165, 1.54) is 12.1 Å². The number of ether oxygens (including phenoxy) is 1. The fraction of sp³-hybridized carbons (Fsp3) is 0.455. The van der Waals surface area contributed by atoms with E-state index in [2.05, 4.69) is 0 Å². The van der Waals surface area contributed by atoms with Crippen LogP contribution in [-0.4, -0.2) is 37.3 Å². The second kappa shape index (κ2) is 3.97. The molecule has 0 bridgehead atoms. The molecule has 5 heteroatoms.